The number of likely N-dealkylation sites (tertiary alicyclic amines) is 1. The summed E-state index contributed by atoms with van der Waals surface area (Å²) in [7, 11) is 1.62. The standard InChI is InChI=1S/C23H23N3O5/c1-25-10-4-6-17(22(25)29)23(30)26-11-8-15(9-12-26)14-24-21(28)20-13-18(27)16-5-2-3-7-19(16)31-20/h2-7,10,13,15H,8-9,11-12,14H2,1H3,(H,24,28). The van der Waals surface area contributed by atoms with Gasteiger partial charge in [-0.25, -0.2) is 0 Å². The Morgan fingerprint density at radius 2 is 1.84 bits per heavy atom. The molecule has 31 heavy (non-hydrogen) atoms. The normalized spacial score (nSPS) is 14.5. The van der Waals surface area contributed by atoms with Crippen LogP contribution in [0.2, 0.25) is 0 Å². The molecule has 3 heterocycles. The van der Waals surface area contributed by atoms with Crippen LogP contribution in [0, 0.1) is 5.92 Å². The summed E-state index contributed by atoms with van der Waals surface area (Å²) >= 11 is 0. The van der Waals surface area contributed by atoms with Crippen LogP contribution in [-0.4, -0.2) is 40.9 Å². The number of para-hydroxylation sites is 1. The molecule has 0 saturated carbocycles. The van der Waals surface area contributed by atoms with Crippen LogP contribution in [0.15, 0.2) is 62.7 Å². The SMILES string of the molecule is Cn1cccc(C(=O)N2CCC(CNC(=O)c3cc(=O)c4ccccc4o3)CC2)c1=O. The van der Waals surface area contributed by atoms with Gasteiger partial charge in [-0.2, -0.15) is 0 Å². The molecule has 8 nitrogen and oxygen atoms in total. The molecule has 0 atom stereocenters. The molecule has 0 unspecified atom stereocenters. The van der Waals surface area contributed by atoms with Crippen LogP contribution in [-0.2, 0) is 7.05 Å². The van der Waals surface area contributed by atoms with Crippen LogP contribution in [0.1, 0.15) is 33.8 Å². The van der Waals surface area contributed by atoms with Crippen molar-refractivity contribution in [3.63, 3.8) is 0 Å². The molecule has 1 fully saturated rings. The molecule has 160 valence electrons. The number of aromatic nitrogens is 1. The topological polar surface area (TPSA) is 102 Å². The number of fused-ring (bicyclic) bond motifs is 1. The van der Waals surface area contributed by atoms with E-state index in [1.54, 1.807) is 54.5 Å². The van der Waals surface area contributed by atoms with Crippen molar-refractivity contribution in [1.82, 2.24) is 14.8 Å². The van der Waals surface area contributed by atoms with Gasteiger partial charge in [0.05, 0.1) is 5.39 Å². The first kappa shape index (κ1) is 20.6. The molecule has 0 radical (unpaired) electrons. The molecule has 0 bridgehead atoms. The number of benzene rings is 1. The number of hydrogen-bond acceptors (Lipinski definition) is 5. The lowest BCUT2D eigenvalue weighted by Gasteiger charge is -2.32. The summed E-state index contributed by atoms with van der Waals surface area (Å²) in [5.41, 5.74) is -0.0215. The Kier molecular flexibility index (Phi) is 5.70. The lowest BCUT2D eigenvalue weighted by Crippen LogP contribution is -2.43. The van der Waals surface area contributed by atoms with Gasteiger partial charge in [0.15, 0.2) is 11.2 Å². The van der Waals surface area contributed by atoms with E-state index in [1.165, 1.54) is 10.6 Å². The van der Waals surface area contributed by atoms with Crippen LogP contribution in [0.4, 0.5) is 0 Å². The zero-order valence-electron chi connectivity index (χ0n) is 17.2. The molecule has 0 aliphatic carbocycles. The van der Waals surface area contributed by atoms with Gasteiger partial charge < -0.3 is 19.2 Å². The van der Waals surface area contributed by atoms with Crippen molar-refractivity contribution in [3.8, 4) is 0 Å². The second-order valence-corrected chi connectivity index (χ2v) is 7.75. The molecule has 8 heteroatoms. The minimum Gasteiger partial charge on any atom is -0.451 e. The van der Waals surface area contributed by atoms with Gasteiger partial charge in [-0.15, -0.1) is 0 Å². The predicted octanol–water partition coefficient (Wildman–Crippen LogP) is 1.77. The first-order chi connectivity index (χ1) is 14.9. The maximum absolute atomic E-state index is 12.7. The average molecular weight is 421 g/mol. The molecule has 1 aromatic carbocycles. The van der Waals surface area contributed by atoms with Gasteiger partial charge in [0.1, 0.15) is 11.1 Å². The van der Waals surface area contributed by atoms with E-state index in [0.29, 0.717) is 43.4 Å². The number of pyridine rings is 1. The molecule has 1 aliphatic rings. The molecule has 4 rings (SSSR count). The highest BCUT2D eigenvalue weighted by atomic mass is 16.3. The predicted molar refractivity (Wildman–Crippen MR) is 115 cm³/mol. The summed E-state index contributed by atoms with van der Waals surface area (Å²) in [5.74, 6) is -0.522. The number of nitrogens with one attached hydrogen (secondary N) is 1. The van der Waals surface area contributed by atoms with Crippen molar-refractivity contribution in [2.24, 2.45) is 13.0 Å². The van der Waals surface area contributed by atoms with Gasteiger partial charge in [0.2, 0.25) is 0 Å². The third kappa shape index (κ3) is 4.28. The molecular formula is C23H23N3O5. The quantitative estimate of drug-likeness (QED) is 0.692. The van der Waals surface area contributed by atoms with E-state index in [0.717, 1.165) is 0 Å². The summed E-state index contributed by atoms with van der Waals surface area (Å²) in [6, 6.07) is 11.2. The minimum absolute atomic E-state index is 0.0174. The highest BCUT2D eigenvalue weighted by Gasteiger charge is 2.26. The monoisotopic (exact) mass is 421 g/mol. The zero-order valence-corrected chi connectivity index (χ0v) is 17.2. The van der Waals surface area contributed by atoms with E-state index in [4.69, 9.17) is 4.42 Å². The van der Waals surface area contributed by atoms with Gasteiger partial charge in [-0.1, -0.05) is 12.1 Å². The third-order valence-electron chi connectivity index (χ3n) is 5.67. The van der Waals surface area contributed by atoms with Crippen molar-refractivity contribution < 1.29 is 14.0 Å². The lowest BCUT2D eigenvalue weighted by molar-refractivity contribution is 0.0681. The Morgan fingerprint density at radius 3 is 2.61 bits per heavy atom. The highest BCUT2D eigenvalue weighted by Crippen LogP contribution is 2.18. The maximum Gasteiger partial charge on any atom is 0.287 e. The summed E-state index contributed by atoms with van der Waals surface area (Å²) in [6.45, 7) is 1.45. The fraction of sp³-hybridized carbons (Fsp3) is 0.304. The fourth-order valence-electron chi connectivity index (χ4n) is 3.81. The zero-order chi connectivity index (χ0) is 22.0. The number of hydrogen-bond donors (Lipinski definition) is 1. The Balaban J connectivity index is 1.34. The van der Waals surface area contributed by atoms with Gasteiger partial charge in [-0.3, -0.25) is 19.2 Å². The van der Waals surface area contributed by atoms with E-state index >= 15 is 0 Å². The summed E-state index contributed by atoms with van der Waals surface area (Å²) in [4.78, 5) is 51.2. The van der Waals surface area contributed by atoms with Crippen molar-refractivity contribution >= 4 is 22.8 Å². The van der Waals surface area contributed by atoms with Crippen LogP contribution >= 0.6 is 0 Å². The lowest BCUT2D eigenvalue weighted by atomic mass is 9.96. The second-order valence-electron chi connectivity index (χ2n) is 7.75. The minimum atomic E-state index is -0.436. The summed E-state index contributed by atoms with van der Waals surface area (Å²) in [5, 5.41) is 3.26. The number of piperidine rings is 1. The molecule has 1 aliphatic heterocycles. The Bertz CT molecular complexity index is 1250. The van der Waals surface area contributed by atoms with E-state index in [9.17, 15) is 19.2 Å². The van der Waals surface area contributed by atoms with Crippen molar-refractivity contribution in [2.45, 2.75) is 12.8 Å². The molecule has 1 N–H and O–H groups in total. The highest BCUT2D eigenvalue weighted by molar-refractivity contribution is 5.94. The molecule has 2 aromatic heterocycles. The van der Waals surface area contributed by atoms with Gasteiger partial charge in [0, 0.05) is 38.9 Å². The largest absolute Gasteiger partial charge is 0.451 e. The van der Waals surface area contributed by atoms with Gasteiger partial charge in [0.25, 0.3) is 17.4 Å². The fourth-order valence-corrected chi connectivity index (χ4v) is 3.81. The molecule has 0 spiro atoms. The molecule has 2 amide bonds. The van der Waals surface area contributed by atoms with Crippen LogP contribution in [0.5, 0.6) is 0 Å². The van der Waals surface area contributed by atoms with E-state index in [1.807, 2.05) is 0 Å². The Hall–Kier alpha value is -3.68. The van der Waals surface area contributed by atoms with Crippen LogP contribution in [0.3, 0.4) is 0 Å². The van der Waals surface area contributed by atoms with E-state index in [2.05, 4.69) is 5.32 Å². The Morgan fingerprint density at radius 1 is 1.10 bits per heavy atom. The number of carbonyl (C=O) groups is 2. The summed E-state index contributed by atoms with van der Waals surface area (Å²) < 4.78 is 6.96. The number of nitrogens with zero attached hydrogens (tertiary/aromatic N) is 2. The van der Waals surface area contributed by atoms with Crippen molar-refractivity contribution in [2.75, 3.05) is 19.6 Å². The number of carbonyl (C=O) groups excluding carboxylic acids is 2. The first-order valence-electron chi connectivity index (χ1n) is 10.2. The number of rotatable bonds is 4. The van der Waals surface area contributed by atoms with Crippen molar-refractivity contribution in [1.29, 1.82) is 0 Å². The Labute approximate surface area is 178 Å². The van der Waals surface area contributed by atoms with Crippen LogP contribution in [0.25, 0.3) is 11.0 Å². The molecular weight excluding hydrogens is 398 g/mol. The third-order valence-corrected chi connectivity index (χ3v) is 5.67. The molecule has 1 saturated heterocycles. The van der Waals surface area contributed by atoms with Crippen LogP contribution < -0.4 is 16.3 Å². The maximum atomic E-state index is 12.7. The second kappa shape index (κ2) is 8.59. The van der Waals surface area contributed by atoms with Crippen molar-refractivity contribution in [3.05, 3.63) is 80.6 Å². The average Bonchev–Trinajstić information content (AvgIpc) is 2.79. The van der Waals surface area contributed by atoms with Gasteiger partial charge >= 0.3 is 0 Å². The first-order valence-corrected chi connectivity index (χ1v) is 10.2. The number of amides is 2. The smallest absolute Gasteiger partial charge is 0.287 e. The van der Waals surface area contributed by atoms with Gasteiger partial charge in [-0.05, 0) is 43.0 Å². The molecule has 3 aromatic rings. The van der Waals surface area contributed by atoms with E-state index in [-0.39, 0.29) is 34.1 Å². The summed E-state index contributed by atoms with van der Waals surface area (Å²) in [6.07, 6.45) is 3.04. The van der Waals surface area contributed by atoms with E-state index < -0.39 is 5.91 Å². The number of aryl methyl sites for hydroxylation is 1.